The maximum absolute atomic E-state index is 2.45. The van der Waals surface area contributed by atoms with E-state index in [0.29, 0.717) is 0 Å². The third kappa shape index (κ3) is 2.71. The fraction of sp³-hybridized carbons (Fsp3) is 1.00. The van der Waals surface area contributed by atoms with E-state index >= 15 is 0 Å². The van der Waals surface area contributed by atoms with Crippen molar-refractivity contribution in [2.75, 3.05) is 0 Å². The summed E-state index contributed by atoms with van der Waals surface area (Å²) in [6.07, 6.45) is 17.1. The van der Waals surface area contributed by atoms with Crippen LogP contribution in [0.15, 0.2) is 0 Å². The first-order chi connectivity index (χ1) is 8.33. The first-order valence-corrected chi connectivity index (χ1v) is 8.33. The lowest BCUT2D eigenvalue weighted by atomic mass is 9.63. The number of rotatable bonds is 2. The topological polar surface area (TPSA) is 0 Å². The Labute approximate surface area is 108 Å². The van der Waals surface area contributed by atoms with Crippen molar-refractivity contribution in [1.82, 2.24) is 0 Å². The van der Waals surface area contributed by atoms with Crippen molar-refractivity contribution in [3.63, 3.8) is 0 Å². The van der Waals surface area contributed by atoms with Crippen LogP contribution in [0.25, 0.3) is 0 Å². The van der Waals surface area contributed by atoms with Gasteiger partial charge in [-0.15, -0.1) is 0 Å². The minimum absolute atomic E-state index is 1.03. The molecule has 0 heterocycles. The van der Waals surface area contributed by atoms with Crippen molar-refractivity contribution in [2.24, 2.45) is 29.6 Å². The van der Waals surface area contributed by atoms with E-state index in [-0.39, 0.29) is 0 Å². The zero-order valence-corrected chi connectivity index (χ0v) is 11.7. The van der Waals surface area contributed by atoms with Crippen LogP contribution in [0.1, 0.15) is 77.6 Å². The van der Waals surface area contributed by atoms with Crippen molar-refractivity contribution >= 4 is 0 Å². The molecule has 2 unspecified atom stereocenters. The van der Waals surface area contributed by atoms with Gasteiger partial charge in [-0.3, -0.25) is 0 Å². The predicted molar refractivity (Wildman–Crippen MR) is 73.9 cm³/mol. The normalized spacial score (nSPS) is 44.3. The fourth-order valence-corrected chi connectivity index (χ4v) is 4.79. The minimum atomic E-state index is 1.03. The van der Waals surface area contributed by atoms with Crippen LogP contribution in [0.3, 0.4) is 0 Å². The molecule has 2 atom stereocenters. The largest absolute Gasteiger partial charge is 0.0625 e. The summed E-state index contributed by atoms with van der Waals surface area (Å²) in [7, 11) is 0. The van der Waals surface area contributed by atoms with Gasteiger partial charge in [-0.1, -0.05) is 58.3 Å². The maximum Gasteiger partial charge on any atom is -0.0383 e. The van der Waals surface area contributed by atoms with Crippen molar-refractivity contribution in [3.8, 4) is 0 Å². The lowest BCUT2D eigenvalue weighted by molar-refractivity contribution is 0.0878. The second-order valence-corrected chi connectivity index (χ2v) is 7.40. The Bertz CT molecular complexity index is 232. The predicted octanol–water partition coefficient (Wildman–Crippen LogP) is 5.42. The second-order valence-electron chi connectivity index (χ2n) is 7.40. The van der Waals surface area contributed by atoms with Crippen molar-refractivity contribution in [1.29, 1.82) is 0 Å². The van der Waals surface area contributed by atoms with Crippen LogP contribution in [-0.2, 0) is 0 Å². The molecular weight excluding hydrogens is 204 g/mol. The molecule has 0 N–H and O–H groups in total. The molecule has 0 bridgehead atoms. The Morgan fingerprint density at radius 2 is 1.00 bits per heavy atom. The molecule has 0 amide bonds. The SMILES string of the molecule is CC1CCC(C2CCCC(C3CCC3)C2)CC1. The zero-order valence-electron chi connectivity index (χ0n) is 11.7. The summed E-state index contributed by atoms with van der Waals surface area (Å²) in [6.45, 7) is 2.45. The van der Waals surface area contributed by atoms with E-state index < -0.39 is 0 Å². The lowest BCUT2D eigenvalue weighted by Gasteiger charge is -2.42. The first-order valence-electron chi connectivity index (χ1n) is 8.33. The Morgan fingerprint density at radius 1 is 0.529 bits per heavy atom. The van der Waals surface area contributed by atoms with Gasteiger partial charge in [-0.25, -0.2) is 0 Å². The molecule has 17 heavy (non-hydrogen) atoms. The number of hydrogen-bond donors (Lipinski definition) is 0. The molecule has 3 fully saturated rings. The van der Waals surface area contributed by atoms with Gasteiger partial charge in [0.1, 0.15) is 0 Å². The van der Waals surface area contributed by atoms with E-state index in [1.807, 2.05) is 0 Å². The third-order valence-corrected chi connectivity index (χ3v) is 6.30. The Morgan fingerprint density at radius 3 is 1.53 bits per heavy atom. The summed E-state index contributed by atoms with van der Waals surface area (Å²) in [5.74, 6) is 5.57. The second kappa shape index (κ2) is 5.33. The Kier molecular flexibility index (Phi) is 3.78. The standard InChI is InChI=1S/C17H30/c1-13-8-10-15(11-9-13)17-7-3-6-16(12-17)14-4-2-5-14/h13-17H,2-12H2,1H3. The van der Waals surface area contributed by atoms with Gasteiger partial charge in [0.25, 0.3) is 0 Å². The van der Waals surface area contributed by atoms with Crippen LogP contribution in [0.4, 0.5) is 0 Å². The molecule has 0 spiro atoms. The highest BCUT2D eigenvalue weighted by molar-refractivity contribution is 4.86. The summed E-state index contributed by atoms with van der Waals surface area (Å²) >= 11 is 0. The van der Waals surface area contributed by atoms with Gasteiger partial charge in [0.15, 0.2) is 0 Å². The van der Waals surface area contributed by atoms with Crippen LogP contribution in [0, 0.1) is 29.6 Å². The monoisotopic (exact) mass is 234 g/mol. The van der Waals surface area contributed by atoms with Gasteiger partial charge < -0.3 is 0 Å². The van der Waals surface area contributed by atoms with E-state index in [0.717, 1.165) is 29.6 Å². The van der Waals surface area contributed by atoms with Gasteiger partial charge in [-0.2, -0.15) is 0 Å². The molecule has 98 valence electrons. The molecule has 0 aromatic heterocycles. The number of hydrogen-bond acceptors (Lipinski definition) is 0. The molecule has 0 aliphatic heterocycles. The molecule has 0 nitrogen and oxygen atoms in total. The Hall–Kier alpha value is 0. The third-order valence-electron chi connectivity index (χ3n) is 6.30. The van der Waals surface area contributed by atoms with Crippen LogP contribution in [0.2, 0.25) is 0 Å². The average Bonchev–Trinajstić information content (AvgIpc) is 2.28. The lowest BCUT2D eigenvalue weighted by Crippen LogP contribution is -2.31. The van der Waals surface area contributed by atoms with E-state index in [1.165, 1.54) is 19.3 Å². The fourth-order valence-electron chi connectivity index (χ4n) is 4.79. The van der Waals surface area contributed by atoms with Gasteiger partial charge in [0, 0.05) is 0 Å². The van der Waals surface area contributed by atoms with Crippen molar-refractivity contribution in [3.05, 3.63) is 0 Å². The quantitative estimate of drug-likeness (QED) is 0.598. The molecule has 0 heteroatoms. The van der Waals surface area contributed by atoms with Gasteiger partial charge in [0.05, 0.1) is 0 Å². The molecular formula is C17H30. The zero-order chi connectivity index (χ0) is 11.7. The highest BCUT2D eigenvalue weighted by atomic mass is 14.4. The van der Waals surface area contributed by atoms with Crippen LogP contribution in [-0.4, -0.2) is 0 Å². The molecule has 3 aliphatic rings. The smallest absolute Gasteiger partial charge is 0.0383 e. The van der Waals surface area contributed by atoms with Crippen LogP contribution < -0.4 is 0 Å². The van der Waals surface area contributed by atoms with Gasteiger partial charge >= 0.3 is 0 Å². The summed E-state index contributed by atoms with van der Waals surface area (Å²) < 4.78 is 0. The molecule has 0 aromatic rings. The van der Waals surface area contributed by atoms with Crippen molar-refractivity contribution in [2.45, 2.75) is 77.6 Å². The average molecular weight is 234 g/mol. The summed E-state index contributed by atoms with van der Waals surface area (Å²) in [6, 6.07) is 0. The van der Waals surface area contributed by atoms with Crippen molar-refractivity contribution < 1.29 is 0 Å². The maximum atomic E-state index is 2.45. The highest BCUT2D eigenvalue weighted by Crippen LogP contribution is 2.47. The molecule has 3 aliphatic carbocycles. The highest BCUT2D eigenvalue weighted by Gasteiger charge is 2.35. The van der Waals surface area contributed by atoms with Crippen LogP contribution >= 0.6 is 0 Å². The summed E-state index contributed by atoms with van der Waals surface area (Å²) in [4.78, 5) is 0. The van der Waals surface area contributed by atoms with E-state index in [1.54, 1.807) is 51.4 Å². The van der Waals surface area contributed by atoms with E-state index in [2.05, 4.69) is 6.92 Å². The molecule has 0 radical (unpaired) electrons. The summed E-state index contributed by atoms with van der Waals surface area (Å²) in [5.41, 5.74) is 0. The first kappa shape index (κ1) is 12.1. The molecule has 0 saturated heterocycles. The van der Waals surface area contributed by atoms with Crippen LogP contribution in [0.5, 0.6) is 0 Å². The van der Waals surface area contributed by atoms with Gasteiger partial charge in [0.2, 0.25) is 0 Å². The molecule has 3 rings (SSSR count). The molecule has 0 aromatic carbocycles. The Balaban J connectivity index is 1.52. The van der Waals surface area contributed by atoms with E-state index in [9.17, 15) is 0 Å². The van der Waals surface area contributed by atoms with E-state index in [4.69, 9.17) is 0 Å². The van der Waals surface area contributed by atoms with Gasteiger partial charge in [-0.05, 0) is 48.9 Å². The minimum Gasteiger partial charge on any atom is -0.0625 e. The molecule has 3 saturated carbocycles. The summed E-state index contributed by atoms with van der Waals surface area (Å²) in [5, 5.41) is 0.